The molecule has 0 saturated carbocycles. The Bertz CT molecular complexity index is 641. The highest BCUT2D eigenvalue weighted by atomic mass is 79.9. The molecule has 1 aromatic heterocycles. The van der Waals surface area contributed by atoms with Crippen LogP contribution in [-0.2, 0) is 4.74 Å². The maximum absolute atomic E-state index is 5.35. The lowest BCUT2D eigenvalue weighted by Crippen LogP contribution is -2.36. The molecule has 0 radical (unpaired) electrons. The number of morpholine rings is 1. The maximum atomic E-state index is 5.35. The minimum absolute atomic E-state index is 0.671. The first-order valence-electron chi connectivity index (χ1n) is 7.01. The third-order valence-corrected chi connectivity index (χ3v) is 3.78. The van der Waals surface area contributed by atoms with Crippen molar-refractivity contribution < 1.29 is 4.74 Å². The smallest absolute Gasteiger partial charge is 0.151 e. The van der Waals surface area contributed by atoms with Gasteiger partial charge in [0.2, 0.25) is 0 Å². The van der Waals surface area contributed by atoms with E-state index in [1.165, 1.54) is 0 Å². The topological polar surface area (TPSA) is 62.6 Å². The summed E-state index contributed by atoms with van der Waals surface area (Å²) in [6.45, 7) is 3.15. The van der Waals surface area contributed by atoms with Gasteiger partial charge in [-0.15, -0.1) is 0 Å². The summed E-state index contributed by atoms with van der Waals surface area (Å²) in [6, 6.07) is 9.80. The van der Waals surface area contributed by atoms with Gasteiger partial charge in [0.15, 0.2) is 5.82 Å². The number of aromatic nitrogens is 2. The molecule has 114 valence electrons. The molecule has 0 bridgehead atoms. The number of anilines is 2. The number of ether oxygens (including phenoxy) is 1. The monoisotopic (exact) mass is 361 g/mol. The van der Waals surface area contributed by atoms with Crippen molar-refractivity contribution in [1.82, 2.24) is 9.97 Å². The highest BCUT2D eigenvalue weighted by Crippen LogP contribution is 2.15. The molecular weight excluding hydrogens is 346 g/mol. The molecular formula is C15H16BrN5O. The predicted molar refractivity (Wildman–Crippen MR) is 90.4 cm³/mol. The second kappa shape index (κ2) is 7.33. The maximum Gasteiger partial charge on any atom is 0.151 e. The average Bonchev–Trinajstić information content (AvgIpc) is 2.58. The molecule has 1 N–H and O–H groups in total. The second-order valence-electron chi connectivity index (χ2n) is 4.78. The molecule has 0 aliphatic carbocycles. The molecule has 2 heterocycles. The first-order chi connectivity index (χ1) is 10.8. The number of hydrogen-bond donors (Lipinski definition) is 1. The Hall–Kier alpha value is -1.99. The fourth-order valence-corrected chi connectivity index (χ4v) is 2.36. The van der Waals surface area contributed by atoms with Crippen LogP contribution in [0.1, 0.15) is 5.56 Å². The molecule has 1 saturated heterocycles. The van der Waals surface area contributed by atoms with E-state index in [0.29, 0.717) is 5.82 Å². The fourth-order valence-electron chi connectivity index (χ4n) is 2.10. The third-order valence-electron chi connectivity index (χ3n) is 3.25. The zero-order valence-corrected chi connectivity index (χ0v) is 13.5. The van der Waals surface area contributed by atoms with E-state index >= 15 is 0 Å². The van der Waals surface area contributed by atoms with Gasteiger partial charge >= 0.3 is 0 Å². The summed E-state index contributed by atoms with van der Waals surface area (Å²) in [6.07, 6.45) is 3.30. The molecule has 7 heteroatoms. The van der Waals surface area contributed by atoms with Crippen LogP contribution in [0, 0.1) is 0 Å². The van der Waals surface area contributed by atoms with Crippen LogP contribution in [0.4, 0.5) is 11.6 Å². The number of hydrogen-bond acceptors (Lipinski definition) is 6. The lowest BCUT2D eigenvalue weighted by Gasteiger charge is -2.27. The Kier molecular flexibility index (Phi) is 4.97. The van der Waals surface area contributed by atoms with Gasteiger partial charge in [-0.1, -0.05) is 28.1 Å². The van der Waals surface area contributed by atoms with Crippen LogP contribution in [0.3, 0.4) is 0 Å². The van der Waals surface area contributed by atoms with Gasteiger partial charge in [0.25, 0.3) is 0 Å². The van der Waals surface area contributed by atoms with Crippen LogP contribution in [0.25, 0.3) is 0 Å². The molecule has 0 atom stereocenters. The Balaban J connectivity index is 1.63. The van der Waals surface area contributed by atoms with E-state index in [0.717, 1.165) is 42.2 Å². The van der Waals surface area contributed by atoms with Crippen molar-refractivity contribution in [2.75, 3.05) is 36.6 Å². The number of rotatable bonds is 4. The minimum atomic E-state index is 0.671. The zero-order chi connectivity index (χ0) is 15.2. The van der Waals surface area contributed by atoms with Crippen LogP contribution in [-0.4, -0.2) is 42.5 Å². The van der Waals surface area contributed by atoms with Gasteiger partial charge in [0.05, 0.1) is 19.4 Å². The van der Waals surface area contributed by atoms with Gasteiger partial charge in [0, 0.05) is 23.6 Å². The zero-order valence-electron chi connectivity index (χ0n) is 11.9. The Morgan fingerprint density at radius 2 is 1.95 bits per heavy atom. The summed E-state index contributed by atoms with van der Waals surface area (Å²) < 4.78 is 6.39. The molecule has 0 spiro atoms. The van der Waals surface area contributed by atoms with Gasteiger partial charge < -0.3 is 9.64 Å². The fraction of sp³-hybridized carbons (Fsp3) is 0.267. The third kappa shape index (κ3) is 4.02. The summed E-state index contributed by atoms with van der Waals surface area (Å²) in [5.41, 5.74) is 3.95. The molecule has 1 aromatic carbocycles. The molecule has 6 nitrogen and oxygen atoms in total. The standard InChI is InChI=1S/C15H16BrN5O/c16-13-3-1-12(2-4-13)10-19-20-14-9-15(18-11-17-14)21-5-7-22-8-6-21/h1-4,9-11H,5-8H2,(H,17,18,20)/b19-10+. The largest absolute Gasteiger partial charge is 0.378 e. The Labute approximate surface area is 137 Å². The first-order valence-corrected chi connectivity index (χ1v) is 7.80. The number of hydrazone groups is 1. The first kappa shape index (κ1) is 14.9. The van der Waals surface area contributed by atoms with Gasteiger partial charge in [0.1, 0.15) is 12.1 Å². The van der Waals surface area contributed by atoms with Crippen LogP contribution in [0.15, 0.2) is 46.2 Å². The molecule has 0 amide bonds. The summed E-state index contributed by atoms with van der Waals surface area (Å²) in [7, 11) is 0. The summed E-state index contributed by atoms with van der Waals surface area (Å²) in [4.78, 5) is 10.7. The van der Waals surface area contributed by atoms with Crippen molar-refractivity contribution in [3.63, 3.8) is 0 Å². The molecule has 22 heavy (non-hydrogen) atoms. The van der Waals surface area contributed by atoms with Crippen molar-refractivity contribution in [2.45, 2.75) is 0 Å². The van der Waals surface area contributed by atoms with Crippen LogP contribution >= 0.6 is 15.9 Å². The molecule has 0 unspecified atom stereocenters. The molecule has 2 aromatic rings. The molecule has 1 fully saturated rings. The van der Waals surface area contributed by atoms with E-state index in [9.17, 15) is 0 Å². The normalized spacial score (nSPS) is 15.2. The molecule has 3 rings (SSSR count). The van der Waals surface area contributed by atoms with Gasteiger partial charge in [-0.2, -0.15) is 5.10 Å². The summed E-state index contributed by atoms with van der Waals surface area (Å²) in [5.74, 6) is 1.56. The Morgan fingerprint density at radius 1 is 1.18 bits per heavy atom. The van der Waals surface area contributed by atoms with E-state index in [1.54, 1.807) is 12.5 Å². The van der Waals surface area contributed by atoms with Crippen LogP contribution < -0.4 is 10.3 Å². The van der Waals surface area contributed by atoms with Crippen molar-refractivity contribution >= 4 is 33.8 Å². The number of nitrogens with zero attached hydrogens (tertiary/aromatic N) is 4. The summed E-state index contributed by atoms with van der Waals surface area (Å²) in [5, 5.41) is 4.20. The van der Waals surface area contributed by atoms with Gasteiger partial charge in [-0.05, 0) is 17.7 Å². The lowest BCUT2D eigenvalue weighted by atomic mass is 10.2. The predicted octanol–water partition coefficient (Wildman–Crippen LogP) is 2.52. The van der Waals surface area contributed by atoms with E-state index in [2.05, 4.69) is 41.3 Å². The lowest BCUT2D eigenvalue weighted by molar-refractivity contribution is 0.122. The highest BCUT2D eigenvalue weighted by molar-refractivity contribution is 9.10. The quantitative estimate of drug-likeness (QED) is 0.669. The van der Waals surface area contributed by atoms with E-state index in [1.807, 2.05) is 30.3 Å². The number of benzene rings is 1. The van der Waals surface area contributed by atoms with Crippen molar-refractivity contribution in [1.29, 1.82) is 0 Å². The number of halogens is 1. The second-order valence-corrected chi connectivity index (χ2v) is 5.70. The molecule has 1 aliphatic heterocycles. The number of nitrogens with one attached hydrogen (secondary N) is 1. The highest BCUT2D eigenvalue weighted by Gasteiger charge is 2.12. The summed E-state index contributed by atoms with van der Waals surface area (Å²) >= 11 is 3.41. The Morgan fingerprint density at radius 3 is 2.73 bits per heavy atom. The van der Waals surface area contributed by atoms with Crippen molar-refractivity contribution in [2.24, 2.45) is 5.10 Å². The minimum Gasteiger partial charge on any atom is -0.378 e. The molecule has 1 aliphatic rings. The van der Waals surface area contributed by atoms with Crippen molar-refractivity contribution in [3.05, 3.63) is 46.7 Å². The van der Waals surface area contributed by atoms with Gasteiger partial charge in [-0.25, -0.2) is 9.97 Å². The van der Waals surface area contributed by atoms with Crippen LogP contribution in [0.2, 0.25) is 0 Å². The van der Waals surface area contributed by atoms with Crippen LogP contribution in [0.5, 0.6) is 0 Å². The van der Waals surface area contributed by atoms with E-state index in [4.69, 9.17) is 4.74 Å². The van der Waals surface area contributed by atoms with Crippen molar-refractivity contribution in [3.8, 4) is 0 Å². The average molecular weight is 362 g/mol. The SMILES string of the molecule is Brc1ccc(/C=N/Nc2cc(N3CCOCC3)ncn2)cc1. The van der Waals surface area contributed by atoms with E-state index < -0.39 is 0 Å². The van der Waals surface area contributed by atoms with E-state index in [-0.39, 0.29) is 0 Å². The van der Waals surface area contributed by atoms with Gasteiger partial charge in [-0.3, -0.25) is 5.43 Å².